The number of aliphatic hydroxyl groups is 1. The number of aliphatic hydroxyl groups excluding tert-OH is 1. The Labute approximate surface area is 97.1 Å². The first-order valence-corrected chi connectivity index (χ1v) is 5.97. The van der Waals surface area contributed by atoms with Crippen LogP contribution in [0.3, 0.4) is 0 Å². The number of hydrogen-bond donors (Lipinski definition) is 2. The van der Waals surface area contributed by atoms with E-state index >= 15 is 0 Å². The van der Waals surface area contributed by atoms with Crippen LogP contribution in [0.2, 0.25) is 0 Å². The van der Waals surface area contributed by atoms with Gasteiger partial charge in [-0.3, -0.25) is 0 Å². The molecule has 88 valence electrons. The molecule has 1 aliphatic heterocycles. The van der Waals surface area contributed by atoms with E-state index < -0.39 is 0 Å². The average Bonchev–Trinajstić information content (AvgIpc) is 2.39. The summed E-state index contributed by atoms with van der Waals surface area (Å²) >= 11 is 0. The highest BCUT2D eigenvalue weighted by atomic mass is 16.3. The number of nitrogens with zero attached hydrogens (tertiary/aromatic N) is 1. The van der Waals surface area contributed by atoms with Crippen molar-refractivity contribution in [2.75, 3.05) is 37.0 Å². The summed E-state index contributed by atoms with van der Waals surface area (Å²) < 4.78 is 0. The van der Waals surface area contributed by atoms with Crippen molar-refractivity contribution >= 4 is 11.4 Å². The maximum atomic E-state index is 9.20. The van der Waals surface area contributed by atoms with E-state index in [4.69, 9.17) is 0 Å². The van der Waals surface area contributed by atoms with Crippen LogP contribution in [0.25, 0.3) is 0 Å². The third kappa shape index (κ3) is 2.47. The van der Waals surface area contributed by atoms with Gasteiger partial charge < -0.3 is 15.3 Å². The van der Waals surface area contributed by atoms with Crippen LogP contribution < -0.4 is 10.2 Å². The van der Waals surface area contributed by atoms with Crippen LogP contribution in [-0.2, 0) is 0 Å². The fraction of sp³-hybridized carbons (Fsp3) is 0.538. The van der Waals surface area contributed by atoms with Crippen molar-refractivity contribution in [1.29, 1.82) is 0 Å². The molecule has 1 aromatic carbocycles. The molecule has 1 aliphatic rings. The van der Waals surface area contributed by atoms with Gasteiger partial charge in [-0.05, 0) is 43.0 Å². The molecule has 1 aromatic rings. The predicted molar refractivity (Wildman–Crippen MR) is 68.0 cm³/mol. The molecule has 0 bridgehead atoms. The fourth-order valence-electron chi connectivity index (χ4n) is 2.29. The second-order valence-electron chi connectivity index (χ2n) is 4.43. The highest BCUT2D eigenvalue weighted by Crippen LogP contribution is 2.24. The maximum absolute atomic E-state index is 9.20. The first-order valence-electron chi connectivity index (χ1n) is 5.97. The number of hydrogen-bond acceptors (Lipinski definition) is 3. The molecular formula is C13H20N2O. The number of benzene rings is 1. The van der Waals surface area contributed by atoms with E-state index in [1.54, 1.807) is 0 Å². The lowest BCUT2D eigenvalue weighted by Crippen LogP contribution is -2.36. The van der Waals surface area contributed by atoms with Crippen LogP contribution in [0.1, 0.15) is 12.8 Å². The van der Waals surface area contributed by atoms with Crippen LogP contribution >= 0.6 is 0 Å². The molecule has 0 amide bonds. The van der Waals surface area contributed by atoms with E-state index in [2.05, 4.69) is 34.5 Å². The highest BCUT2D eigenvalue weighted by Gasteiger charge is 2.19. The van der Waals surface area contributed by atoms with Crippen LogP contribution in [-0.4, -0.2) is 31.9 Å². The molecule has 3 nitrogen and oxygen atoms in total. The summed E-state index contributed by atoms with van der Waals surface area (Å²) in [7, 11) is 1.93. The van der Waals surface area contributed by atoms with Gasteiger partial charge in [-0.15, -0.1) is 0 Å². The minimum absolute atomic E-state index is 0.311. The van der Waals surface area contributed by atoms with Crippen LogP contribution in [0.4, 0.5) is 11.4 Å². The Morgan fingerprint density at radius 1 is 1.38 bits per heavy atom. The van der Waals surface area contributed by atoms with Gasteiger partial charge >= 0.3 is 0 Å². The van der Waals surface area contributed by atoms with E-state index in [0.717, 1.165) is 25.2 Å². The lowest BCUT2D eigenvalue weighted by molar-refractivity contribution is 0.209. The molecule has 1 saturated heterocycles. The van der Waals surface area contributed by atoms with Gasteiger partial charge in [0.25, 0.3) is 0 Å². The van der Waals surface area contributed by atoms with Crippen LogP contribution in [0.15, 0.2) is 24.3 Å². The molecule has 0 aliphatic carbocycles. The molecule has 1 fully saturated rings. The largest absolute Gasteiger partial charge is 0.396 e. The third-order valence-corrected chi connectivity index (χ3v) is 3.30. The quantitative estimate of drug-likeness (QED) is 0.817. The van der Waals surface area contributed by atoms with Gasteiger partial charge in [-0.2, -0.15) is 0 Å². The molecule has 1 heterocycles. The van der Waals surface area contributed by atoms with Gasteiger partial charge in [0.05, 0.1) is 0 Å². The topological polar surface area (TPSA) is 35.5 Å². The number of nitrogens with one attached hydrogen (secondary N) is 1. The molecule has 1 atom stereocenters. The van der Waals surface area contributed by atoms with E-state index in [9.17, 15) is 5.11 Å². The SMILES string of the molecule is CNc1ccc(N2CCCC(CO)C2)cc1. The Kier molecular flexibility index (Phi) is 3.67. The van der Waals surface area contributed by atoms with Crippen molar-refractivity contribution in [3.63, 3.8) is 0 Å². The van der Waals surface area contributed by atoms with Gasteiger partial charge in [-0.25, -0.2) is 0 Å². The molecule has 2 rings (SSSR count). The summed E-state index contributed by atoms with van der Waals surface area (Å²) in [6.07, 6.45) is 2.33. The van der Waals surface area contributed by atoms with E-state index in [0.29, 0.717) is 12.5 Å². The van der Waals surface area contributed by atoms with Gasteiger partial charge in [0.1, 0.15) is 0 Å². The average molecular weight is 220 g/mol. The molecule has 16 heavy (non-hydrogen) atoms. The Morgan fingerprint density at radius 3 is 2.75 bits per heavy atom. The number of rotatable bonds is 3. The summed E-state index contributed by atoms with van der Waals surface area (Å²) in [6.45, 7) is 2.40. The van der Waals surface area contributed by atoms with Crippen molar-refractivity contribution in [3.05, 3.63) is 24.3 Å². The Hall–Kier alpha value is -1.22. The lowest BCUT2D eigenvalue weighted by Gasteiger charge is -2.33. The molecule has 0 aromatic heterocycles. The van der Waals surface area contributed by atoms with Crippen LogP contribution in [0.5, 0.6) is 0 Å². The molecule has 1 unspecified atom stereocenters. The zero-order valence-electron chi connectivity index (χ0n) is 9.82. The second kappa shape index (κ2) is 5.21. The smallest absolute Gasteiger partial charge is 0.0476 e. The van der Waals surface area contributed by atoms with E-state index in [-0.39, 0.29) is 0 Å². The van der Waals surface area contributed by atoms with Crippen molar-refractivity contribution < 1.29 is 5.11 Å². The molecular weight excluding hydrogens is 200 g/mol. The minimum atomic E-state index is 0.311. The van der Waals surface area contributed by atoms with Gasteiger partial charge in [0.2, 0.25) is 0 Å². The second-order valence-corrected chi connectivity index (χ2v) is 4.43. The number of piperidine rings is 1. The summed E-state index contributed by atoms with van der Waals surface area (Å²) in [5.74, 6) is 0.442. The molecule has 0 radical (unpaired) electrons. The lowest BCUT2D eigenvalue weighted by atomic mass is 9.98. The van der Waals surface area contributed by atoms with Crippen molar-refractivity contribution in [2.45, 2.75) is 12.8 Å². The van der Waals surface area contributed by atoms with E-state index in [1.807, 2.05) is 7.05 Å². The number of anilines is 2. The highest BCUT2D eigenvalue weighted by molar-refractivity contribution is 5.55. The summed E-state index contributed by atoms with van der Waals surface area (Å²) in [6, 6.07) is 8.48. The van der Waals surface area contributed by atoms with Crippen LogP contribution in [0, 0.1) is 5.92 Å². The third-order valence-electron chi connectivity index (χ3n) is 3.30. The molecule has 0 spiro atoms. The van der Waals surface area contributed by atoms with Gasteiger partial charge in [0.15, 0.2) is 0 Å². The zero-order chi connectivity index (χ0) is 11.4. The summed E-state index contributed by atoms with van der Waals surface area (Å²) in [4.78, 5) is 2.36. The minimum Gasteiger partial charge on any atom is -0.396 e. The standard InChI is InChI=1S/C13H20N2O/c1-14-12-4-6-13(7-5-12)15-8-2-3-11(9-15)10-16/h4-7,11,14,16H,2-3,8-10H2,1H3. The first kappa shape index (κ1) is 11.3. The molecule has 2 N–H and O–H groups in total. The van der Waals surface area contributed by atoms with Gasteiger partial charge in [0, 0.05) is 38.1 Å². The Bertz CT molecular complexity index is 323. The van der Waals surface area contributed by atoms with Crippen molar-refractivity contribution in [3.8, 4) is 0 Å². The Balaban J connectivity index is 2.05. The molecule has 3 heteroatoms. The summed E-state index contributed by atoms with van der Waals surface area (Å²) in [5, 5.41) is 12.3. The monoisotopic (exact) mass is 220 g/mol. The summed E-state index contributed by atoms with van der Waals surface area (Å²) in [5.41, 5.74) is 2.40. The Morgan fingerprint density at radius 2 is 2.12 bits per heavy atom. The predicted octanol–water partition coefficient (Wildman–Crippen LogP) is 1.94. The van der Waals surface area contributed by atoms with Gasteiger partial charge in [-0.1, -0.05) is 0 Å². The maximum Gasteiger partial charge on any atom is 0.0476 e. The van der Waals surface area contributed by atoms with E-state index in [1.165, 1.54) is 12.1 Å². The fourth-order valence-corrected chi connectivity index (χ4v) is 2.29. The zero-order valence-corrected chi connectivity index (χ0v) is 9.82. The van der Waals surface area contributed by atoms with Crippen molar-refractivity contribution in [2.24, 2.45) is 5.92 Å². The van der Waals surface area contributed by atoms with Crippen molar-refractivity contribution in [1.82, 2.24) is 0 Å². The normalized spacial score (nSPS) is 20.9. The molecule has 0 saturated carbocycles. The first-order chi connectivity index (χ1) is 7.83.